The number of carbonyl (C=O) groups excluding carboxylic acids is 2. The summed E-state index contributed by atoms with van der Waals surface area (Å²) in [6.07, 6.45) is 6.74. The molecular weight excluding hydrogens is 355 g/mol. The van der Waals surface area contributed by atoms with Crippen LogP contribution < -0.4 is 0 Å². The van der Waals surface area contributed by atoms with E-state index in [1.165, 1.54) is 12.1 Å². The van der Waals surface area contributed by atoms with Crippen molar-refractivity contribution in [2.75, 3.05) is 19.6 Å². The van der Waals surface area contributed by atoms with Gasteiger partial charge in [-0.15, -0.1) is 0 Å². The quantitative estimate of drug-likeness (QED) is 0.788. The Morgan fingerprint density at radius 1 is 1.18 bits per heavy atom. The van der Waals surface area contributed by atoms with Crippen LogP contribution in [0.25, 0.3) is 0 Å². The molecule has 3 aliphatic rings. The monoisotopic (exact) mass is 386 g/mol. The van der Waals surface area contributed by atoms with E-state index in [1.54, 1.807) is 6.07 Å². The lowest BCUT2D eigenvalue weighted by Gasteiger charge is -2.40. The van der Waals surface area contributed by atoms with Gasteiger partial charge in [0.05, 0.1) is 0 Å². The molecule has 2 heterocycles. The number of carbonyl (C=O) groups is 2. The number of amides is 2. The molecule has 0 N–H and O–H groups in total. The molecule has 152 valence electrons. The highest BCUT2D eigenvalue weighted by atomic mass is 19.1. The molecule has 0 unspecified atom stereocenters. The molecule has 0 aromatic heterocycles. The predicted molar refractivity (Wildman–Crippen MR) is 106 cm³/mol. The fourth-order valence-corrected chi connectivity index (χ4v) is 5.28. The number of nitrogens with zero attached hydrogens (tertiary/aromatic N) is 2. The van der Waals surface area contributed by atoms with Crippen LogP contribution in [0.15, 0.2) is 24.3 Å². The molecule has 2 saturated heterocycles. The van der Waals surface area contributed by atoms with Gasteiger partial charge in [-0.05, 0) is 62.1 Å². The van der Waals surface area contributed by atoms with E-state index in [0.29, 0.717) is 18.9 Å². The maximum Gasteiger partial charge on any atom is 0.225 e. The molecule has 1 aromatic rings. The molecule has 0 atom stereocenters. The van der Waals surface area contributed by atoms with E-state index in [2.05, 4.69) is 6.92 Å². The summed E-state index contributed by atoms with van der Waals surface area (Å²) in [6.45, 7) is 5.02. The summed E-state index contributed by atoms with van der Waals surface area (Å²) in [7, 11) is 0. The van der Waals surface area contributed by atoms with Crippen LogP contribution in [0, 0.1) is 23.1 Å². The molecule has 1 spiro atoms. The number of hydrogen-bond donors (Lipinski definition) is 0. The van der Waals surface area contributed by atoms with Gasteiger partial charge in [0.1, 0.15) is 5.82 Å². The Morgan fingerprint density at radius 2 is 1.89 bits per heavy atom. The summed E-state index contributed by atoms with van der Waals surface area (Å²) in [5, 5.41) is 0. The Balaban J connectivity index is 1.32. The molecule has 2 amide bonds. The van der Waals surface area contributed by atoms with Gasteiger partial charge in [-0.2, -0.15) is 0 Å². The molecule has 4 nitrogen and oxygen atoms in total. The number of likely N-dealkylation sites (tertiary alicyclic amines) is 2. The number of piperidine rings is 1. The molecule has 1 saturated carbocycles. The van der Waals surface area contributed by atoms with Crippen molar-refractivity contribution in [2.45, 2.75) is 58.4 Å². The third-order valence-electron chi connectivity index (χ3n) is 7.17. The zero-order chi connectivity index (χ0) is 19.7. The van der Waals surface area contributed by atoms with Crippen LogP contribution in [-0.4, -0.2) is 41.2 Å². The topological polar surface area (TPSA) is 40.6 Å². The van der Waals surface area contributed by atoms with Gasteiger partial charge < -0.3 is 9.80 Å². The molecular formula is C23H31FN2O2. The van der Waals surface area contributed by atoms with E-state index in [4.69, 9.17) is 0 Å². The number of rotatable bonds is 3. The Bertz CT molecular complexity index is 734. The van der Waals surface area contributed by atoms with E-state index in [9.17, 15) is 14.0 Å². The molecule has 5 heteroatoms. The van der Waals surface area contributed by atoms with E-state index >= 15 is 0 Å². The van der Waals surface area contributed by atoms with Crippen molar-refractivity contribution >= 4 is 11.8 Å². The second-order valence-electron chi connectivity index (χ2n) is 9.34. The molecule has 0 radical (unpaired) electrons. The maximum absolute atomic E-state index is 13.4. The number of halogens is 1. The third-order valence-corrected chi connectivity index (χ3v) is 7.17. The van der Waals surface area contributed by atoms with Crippen molar-refractivity contribution in [2.24, 2.45) is 17.3 Å². The van der Waals surface area contributed by atoms with Gasteiger partial charge in [-0.3, -0.25) is 9.59 Å². The summed E-state index contributed by atoms with van der Waals surface area (Å²) in [4.78, 5) is 29.4. The van der Waals surface area contributed by atoms with Gasteiger partial charge in [0.25, 0.3) is 0 Å². The third kappa shape index (κ3) is 4.08. The first-order valence-electron chi connectivity index (χ1n) is 10.8. The summed E-state index contributed by atoms with van der Waals surface area (Å²) in [5.41, 5.74) is 0.826. The second-order valence-corrected chi connectivity index (χ2v) is 9.34. The van der Waals surface area contributed by atoms with Gasteiger partial charge in [0.15, 0.2) is 0 Å². The molecule has 2 aliphatic heterocycles. The van der Waals surface area contributed by atoms with Crippen molar-refractivity contribution < 1.29 is 14.0 Å². The summed E-state index contributed by atoms with van der Waals surface area (Å²) >= 11 is 0. The Labute approximate surface area is 167 Å². The minimum Gasteiger partial charge on any atom is -0.342 e. The van der Waals surface area contributed by atoms with Crippen LogP contribution in [0.2, 0.25) is 0 Å². The number of hydrogen-bond acceptors (Lipinski definition) is 2. The maximum atomic E-state index is 13.4. The average Bonchev–Trinajstić information content (AvgIpc) is 2.97. The van der Waals surface area contributed by atoms with Crippen LogP contribution in [0.5, 0.6) is 0 Å². The lowest BCUT2D eigenvalue weighted by Crippen LogP contribution is -2.46. The van der Waals surface area contributed by atoms with Crippen molar-refractivity contribution in [3.8, 4) is 0 Å². The predicted octanol–water partition coefficient (Wildman–Crippen LogP) is 3.99. The van der Waals surface area contributed by atoms with Gasteiger partial charge in [0, 0.05) is 43.9 Å². The highest BCUT2D eigenvalue weighted by molar-refractivity contribution is 5.80. The fourth-order valence-electron chi connectivity index (χ4n) is 5.28. The van der Waals surface area contributed by atoms with E-state index in [-0.39, 0.29) is 23.1 Å². The normalized spacial score (nSPS) is 27.4. The Morgan fingerprint density at radius 3 is 2.57 bits per heavy atom. The van der Waals surface area contributed by atoms with Gasteiger partial charge in [0.2, 0.25) is 11.8 Å². The molecule has 0 bridgehead atoms. The van der Waals surface area contributed by atoms with Gasteiger partial charge in [-0.25, -0.2) is 4.39 Å². The molecule has 3 fully saturated rings. The lowest BCUT2D eigenvalue weighted by atomic mass is 9.76. The van der Waals surface area contributed by atoms with Crippen molar-refractivity contribution in [3.63, 3.8) is 0 Å². The fraction of sp³-hybridized carbons (Fsp3) is 0.652. The van der Waals surface area contributed by atoms with E-state index in [0.717, 1.165) is 69.6 Å². The standard InChI is InChI=1S/C23H31FN2O2/c1-17-5-7-19(8-6-17)22(28)25-11-9-23(10-12-25)14-21(27)26(16-23)15-18-3-2-4-20(24)13-18/h2-4,13,17,19H,5-12,14-16H2,1H3. The van der Waals surface area contributed by atoms with Gasteiger partial charge >= 0.3 is 0 Å². The van der Waals surface area contributed by atoms with E-state index in [1.807, 2.05) is 15.9 Å². The van der Waals surface area contributed by atoms with E-state index < -0.39 is 0 Å². The largest absolute Gasteiger partial charge is 0.342 e. The Kier molecular flexibility index (Phi) is 5.44. The van der Waals surface area contributed by atoms with Crippen LogP contribution >= 0.6 is 0 Å². The van der Waals surface area contributed by atoms with Crippen LogP contribution in [0.3, 0.4) is 0 Å². The minimum atomic E-state index is -0.261. The average molecular weight is 387 g/mol. The highest BCUT2D eigenvalue weighted by Crippen LogP contribution is 2.42. The van der Waals surface area contributed by atoms with Crippen LogP contribution in [-0.2, 0) is 16.1 Å². The zero-order valence-electron chi connectivity index (χ0n) is 16.8. The molecule has 28 heavy (non-hydrogen) atoms. The summed E-state index contributed by atoms with van der Waals surface area (Å²) < 4.78 is 13.4. The highest BCUT2D eigenvalue weighted by Gasteiger charge is 2.45. The molecule has 1 aromatic carbocycles. The smallest absolute Gasteiger partial charge is 0.225 e. The lowest BCUT2D eigenvalue weighted by molar-refractivity contribution is -0.139. The number of benzene rings is 1. The van der Waals surface area contributed by atoms with Crippen LogP contribution in [0.4, 0.5) is 4.39 Å². The van der Waals surface area contributed by atoms with Crippen molar-refractivity contribution in [1.82, 2.24) is 9.80 Å². The SMILES string of the molecule is CC1CCC(C(=O)N2CCC3(CC2)CC(=O)N(Cc2cccc(F)c2)C3)CC1. The second kappa shape index (κ2) is 7.84. The zero-order valence-corrected chi connectivity index (χ0v) is 16.8. The van der Waals surface area contributed by atoms with Crippen molar-refractivity contribution in [1.29, 1.82) is 0 Å². The summed E-state index contributed by atoms with van der Waals surface area (Å²) in [5.74, 6) is 1.19. The molecule has 4 rings (SSSR count). The van der Waals surface area contributed by atoms with Gasteiger partial charge in [-0.1, -0.05) is 19.1 Å². The summed E-state index contributed by atoms with van der Waals surface area (Å²) in [6, 6.07) is 6.49. The first-order valence-corrected chi connectivity index (χ1v) is 10.8. The van der Waals surface area contributed by atoms with Crippen LogP contribution in [0.1, 0.15) is 57.4 Å². The van der Waals surface area contributed by atoms with Crippen molar-refractivity contribution in [3.05, 3.63) is 35.6 Å². The Hall–Kier alpha value is -1.91. The first-order chi connectivity index (χ1) is 13.4. The first kappa shape index (κ1) is 19.4. The minimum absolute atomic E-state index is 0.0116. The molecule has 1 aliphatic carbocycles.